The van der Waals surface area contributed by atoms with Gasteiger partial charge in [-0.2, -0.15) is 0 Å². The maximum Gasteiger partial charge on any atom is 0.115 e. The standard InChI is InChI=1S/C18H20O/c19-16-12-10-15(11-13-16)18-9-5-4-8-17(18)14-6-2-1-3-7-14/h4-5,8-14,19H,1-3,6-7H2. The van der Waals surface area contributed by atoms with Gasteiger partial charge in [0.05, 0.1) is 0 Å². The van der Waals surface area contributed by atoms with Crippen LogP contribution in [0.2, 0.25) is 0 Å². The molecule has 0 heterocycles. The molecular weight excluding hydrogens is 232 g/mol. The maximum absolute atomic E-state index is 9.42. The van der Waals surface area contributed by atoms with E-state index in [0.29, 0.717) is 11.7 Å². The van der Waals surface area contributed by atoms with Crippen LogP contribution in [0.5, 0.6) is 5.75 Å². The van der Waals surface area contributed by atoms with Crippen molar-refractivity contribution >= 4 is 0 Å². The van der Waals surface area contributed by atoms with Gasteiger partial charge in [-0.05, 0) is 47.6 Å². The lowest BCUT2D eigenvalue weighted by atomic mass is 9.81. The Bertz CT molecular complexity index is 536. The number of hydrogen-bond donors (Lipinski definition) is 1. The molecule has 0 spiro atoms. The fourth-order valence-corrected chi connectivity index (χ4v) is 3.17. The first kappa shape index (κ1) is 12.3. The van der Waals surface area contributed by atoms with Crippen LogP contribution in [-0.4, -0.2) is 5.11 Å². The molecule has 0 aliphatic heterocycles. The van der Waals surface area contributed by atoms with Crippen molar-refractivity contribution < 1.29 is 5.11 Å². The fourth-order valence-electron chi connectivity index (χ4n) is 3.17. The molecule has 1 fully saturated rings. The Balaban J connectivity index is 1.98. The van der Waals surface area contributed by atoms with E-state index in [1.165, 1.54) is 48.8 Å². The van der Waals surface area contributed by atoms with Crippen LogP contribution in [0, 0.1) is 0 Å². The van der Waals surface area contributed by atoms with Gasteiger partial charge in [0.15, 0.2) is 0 Å². The van der Waals surface area contributed by atoms with Crippen LogP contribution in [0.1, 0.15) is 43.6 Å². The highest BCUT2D eigenvalue weighted by molar-refractivity contribution is 5.68. The van der Waals surface area contributed by atoms with Crippen LogP contribution < -0.4 is 0 Å². The van der Waals surface area contributed by atoms with Gasteiger partial charge in [-0.15, -0.1) is 0 Å². The van der Waals surface area contributed by atoms with Crippen LogP contribution in [0.15, 0.2) is 48.5 Å². The molecule has 19 heavy (non-hydrogen) atoms. The van der Waals surface area contributed by atoms with E-state index in [-0.39, 0.29) is 0 Å². The van der Waals surface area contributed by atoms with Crippen molar-refractivity contribution in [2.24, 2.45) is 0 Å². The second-order valence-corrected chi connectivity index (χ2v) is 5.47. The summed E-state index contributed by atoms with van der Waals surface area (Å²) in [4.78, 5) is 0. The topological polar surface area (TPSA) is 20.2 Å². The number of phenols is 1. The average molecular weight is 252 g/mol. The van der Waals surface area contributed by atoms with Gasteiger partial charge in [-0.25, -0.2) is 0 Å². The van der Waals surface area contributed by atoms with Gasteiger partial charge >= 0.3 is 0 Å². The Morgan fingerprint density at radius 3 is 2.21 bits per heavy atom. The van der Waals surface area contributed by atoms with Gasteiger partial charge in [0.1, 0.15) is 5.75 Å². The molecule has 0 amide bonds. The van der Waals surface area contributed by atoms with Crippen molar-refractivity contribution in [3.8, 4) is 16.9 Å². The maximum atomic E-state index is 9.42. The number of rotatable bonds is 2. The summed E-state index contributed by atoms with van der Waals surface area (Å²) < 4.78 is 0. The average Bonchev–Trinajstić information content (AvgIpc) is 2.49. The second-order valence-electron chi connectivity index (χ2n) is 5.47. The van der Waals surface area contributed by atoms with Gasteiger partial charge < -0.3 is 5.11 Å². The molecule has 3 rings (SSSR count). The minimum atomic E-state index is 0.332. The van der Waals surface area contributed by atoms with Crippen LogP contribution in [-0.2, 0) is 0 Å². The summed E-state index contributed by atoms with van der Waals surface area (Å²) in [5.41, 5.74) is 4.02. The molecule has 1 nitrogen and oxygen atoms in total. The molecule has 0 atom stereocenters. The molecule has 98 valence electrons. The summed E-state index contributed by atoms with van der Waals surface area (Å²) in [7, 11) is 0. The molecule has 1 saturated carbocycles. The predicted molar refractivity (Wildman–Crippen MR) is 79.4 cm³/mol. The van der Waals surface area contributed by atoms with E-state index >= 15 is 0 Å². The summed E-state index contributed by atoms with van der Waals surface area (Å²) in [5.74, 6) is 1.04. The first-order valence-corrected chi connectivity index (χ1v) is 7.23. The summed E-state index contributed by atoms with van der Waals surface area (Å²) in [6.45, 7) is 0. The van der Waals surface area contributed by atoms with Crippen LogP contribution in [0.3, 0.4) is 0 Å². The number of hydrogen-bond acceptors (Lipinski definition) is 1. The van der Waals surface area contributed by atoms with Gasteiger partial charge in [-0.3, -0.25) is 0 Å². The van der Waals surface area contributed by atoms with Gasteiger partial charge in [0, 0.05) is 0 Å². The van der Waals surface area contributed by atoms with Crippen molar-refractivity contribution in [2.45, 2.75) is 38.0 Å². The highest BCUT2D eigenvalue weighted by Crippen LogP contribution is 2.38. The summed E-state index contributed by atoms with van der Waals surface area (Å²) in [5, 5.41) is 9.42. The minimum absolute atomic E-state index is 0.332. The largest absolute Gasteiger partial charge is 0.508 e. The first-order chi connectivity index (χ1) is 9.34. The molecule has 0 unspecified atom stereocenters. The molecule has 2 aromatic carbocycles. The third-order valence-electron chi connectivity index (χ3n) is 4.18. The lowest BCUT2D eigenvalue weighted by Gasteiger charge is -2.24. The van der Waals surface area contributed by atoms with E-state index in [1.807, 2.05) is 12.1 Å². The molecule has 1 heteroatoms. The molecular formula is C18H20O. The van der Waals surface area contributed by atoms with E-state index in [4.69, 9.17) is 0 Å². The van der Waals surface area contributed by atoms with Crippen molar-refractivity contribution in [3.05, 3.63) is 54.1 Å². The molecule has 0 saturated heterocycles. The van der Waals surface area contributed by atoms with E-state index < -0.39 is 0 Å². The quantitative estimate of drug-likeness (QED) is 0.787. The monoisotopic (exact) mass is 252 g/mol. The van der Waals surface area contributed by atoms with Crippen molar-refractivity contribution in [2.75, 3.05) is 0 Å². The zero-order valence-electron chi connectivity index (χ0n) is 11.2. The Labute approximate surface area is 114 Å². The van der Waals surface area contributed by atoms with Crippen LogP contribution in [0.25, 0.3) is 11.1 Å². The zero-order valence-corrected chi connectivity index (χ0v) is 11.2. The molecule has 1 aliphatic rings. The fraction of sp³-hybridized carbons (Fsp3) is 0.333. The molecule has 0 bridgehead atoms. The first-order valence-electron chi connectivity index (χ1n) is 7.23. The zero-order chi connectivity index (χ0) is 13.1. The summed E-state index contributed by atoms with van der Waals surface area (Å²) >= 11 is 0. The Hall–Kier alpha value is -1.76. The predicted octanol–water partition coefficient (Wildman–Crippen LogP) is 5.11. The second kappa shape index (κ2) is 5.48. The lowest BCUT2D eigenvalue weighted by Crippen LogP contribution is -2.05. The Morgan fingerprint density at radius 2 is 1.47 bits per heavy atom. The highest BCUT2D eigenvalue weighted by Gasteiger charge is 2.18. The third-order valence-corrected chi connectivity index (χ3v) is 4.18. The number of benzene rings is 2. The number of aromatic hydroxyl groups is 1. The third kappa shape index (κ3) is 2.65. The smallest absolute Gasteiger partial charge is 0.115 e. The normalized spacial score (nSPS) is 16.4. The SMILES string of the molecule is Oc1ccc(-c2ccccc2C2CCCCC2)cc1. The molecule has 2 aromatic rings. The minimum Gasteiger partial charge on any atom is -0.508 e. The van der Waals surface area contributed by atoms with Crippen molar-refractivity contribution in [3.63, 3.8) is 0 Å². The highest BCUT2D eigenvalue weighted by atomic mass is 16.3. The van der Waals surface area contributed by atoms with Crippen LogP contribution in [0.4, 0.5) is 0 Å². The molecule has 0 radical (unpaired) electrons. The van der Waals surface area contributed by atoms with E-state index in [9.17, 15) is 5.11 Å². The van der Waals surface area contributed by atoms with Gasteiger partial charge in [0.2, 0.25) is 0 Å². The Morgan fingerprint density at radius 1 is 0.789 bits per heavy atom. The van der Waals surface area contributed by atoms with Gasteiger partial charge in [0.25, 0.3) is 0 Å². The molecule has 1 N–H and O–H groups in total. The van der Waals surface area contributed by atoms with Crippen molar-refractivity contribution in [1.29, 1.82) is 0 Å². The lowest BCUT2D eigenvalue weighted by molar-refractivity contribution is 0.444. The van der Waals surface area contributed by atoms with E-state index in [2.05, 4.69) is 24.3 Å². The molecule has 1 aliphatic carbocycles. The van der Waals surface area contributed by atoms with Crippen molar-refractivity contribution in [1.82, 2.24) is 0 Å². The van der Waals surface area contributed by atoms with Crippen LogP contribution >= 0.6 is 0 Å². The van der Waals surface area contributed by atoms with E-state index in [1.54, 1.807) is 12.1 Å². The van der Waals surface area contributed by atoms with Gasteiger partial charge in [-0.1, -0.05) is 55.7 Å². The summed E-state index contributed by atoms with van der Waals surface area (Å²) in [6.07, 6.45) is 6.73. The summed E-state index contributed by atoms with van der Waals surface area (Å²) in [6, 6.07) is 16.3. The van der Waals surface area contributed by atoms with E-state index in [0.717, 1.165) is 0 Å². The number of phenolic OH excluding ortho intramolecular Hbond substituents is 1. The molecule has 0 aromatic heterocycles. The Kier molecular flexibility index (Phi) is 3.54.